The number of aromatic nitrogens is 1. The molecule has 2 N–H and O–H groups in total. The van der Waals surface area contributed by atoms with Crippen LogP contribution >= 0.6 is 0 Å². The number of hydrogen-bond acceptors (Lipinski definition) is 3. The van der Waals surface area contributed by atoms with Crippen LogP contribution in [0.5, 0.6) is 0 Å². The molecule has 1 aromatic heterocycles. The van der Waals surface area contributed by atoms with Crippen LogP contribution in [0.4, 0.5) is 11.5 Å². The van der Waals surface area contributed by atoms with Gasteiger partial charge in [0.25, 0.3) is 0 Å². The second kappa shape index (κ2) is 5.73. The van der Waals surface area contributed by atoms with Crippen molar-refractivity contribution in [1.29, 1.82) is 0 Å². The van der Waals surface area contributed by atoms with Gasteiger partial charge in [-0.25, -0.2) is 4.98 Å². The Kier molecular flexibility index (Phi) is 4.59. The third-order valence-electron chi connectivity index (χ3n) is 2.98. The molecule has 0 amide bonds. The van der Waals surface area contributed by atoms with Gasteiger partial charge in [0.15, 0.2) is 0 Å². The van der Waals surface area contributed by atoms with Crippen molar-refractivity contribution in [2.24, 2.45) is 5.92 Å². The van der Waals surface area contributed by atoms with Crippen molar-refractivity contribution in [3.05, 3.63) is 17.8 Å². The van der Waals surface area contributed by atoms with Crippen molar-refractivity contribution in [3.63, 3.8) is 0 Å². The molecular weight excluding hydrogens is 198 g/mol. The third kappa shape index (κ3) is 3.12. The fourth-order valence-electron chi connectivity index (χ4n) is 1.79. The van der Waals surface area contributed by atoms with Crippen LogP contribution in [-0.2, 0) is 0 Å². The third-order valence-corrected chi connectivity index (χ3v) is 2.98. The summed E-state index contributed by atoms with van der Waals surface area (Å²) in [6, 6.07) is 1.99. The summed E-state index contributed by atoms with van der Waals surface area (Å²) in [6.07, 6.45) is 2.94. The van der Waals surface area contributed by atoms with Crippen LogP contribution in [0, 0.1) is 12.8 Å². The molecule has 0 aliphatic heterocycles. The SMILES string of the molecule is CCC(C)CN(CC)c1ncc(N)cc1C. The molecule has 3 nitrogen and oxygen atoms in total. The lowest BCUT2D eigenvalue weighted by atomic mass is 10.1. The van der Waals surface area contributed by atoms with Crippen LogP contribution in [0.1, 0.15) is 32.8 Å². The van der Waals surface area contributed by atoms with Crippen molar-refractivity contribution in [2.45, 2.75) is 34.1 Å². The van der Waals surface area contributed by atoms with E-state index in [0.29, 0.717) is 5.92 Å². The van der Waals surface area contributed by atoms with Crippen LogP contribution in [0.2, 0.25) is 0 Å². The van der Waals surface area contributed by atoms with Gasteiger partial charge in [0.1, 0.15) is 5.82 Å². The number of nitrogens with two attached hydrogens (primary N) is 1. The number of anilines is 2. The normalized spacial score (nSPS) is 12.5. The van der Waals surface area contributed by atoms with Crippen molar-refractivity contribution >= 4 is 11.5 Å². The maximum Gasteiger partial charge on any atom is 0.131 e. The standard InChI is InChI=1S/C13H23N3/c1-5-10(3)9-16(6-2)13-11(4)7-12(14)8-15-13/h7-8,10H,5-6,9,14H2,1-4H3. The molecule has 0 radical (unpaired) electrons. The molecule has 1 rings (SSSR count). The van der Waals surface area contributed by atoms with Gasteiger partial charge in [0, 0.05) is 13.1 Å². The van der Waals surface area contributed by atoms with E-state index in [2.05, 4.69) is 37.6 Å². The van der Waals surface area contributed by atoms with E-state index in [-0.39, 0.29) is 0 Å². The summed E-state index contributed by atoms with van der Waals surface area (Å²) >= 11 is 0. The number of nitrogens with zero attached hydrogens (tertiary/aromatic N) is 2. The summed E-state index contributed by atoms with van der Waals surface area (Å²) in [4.78, 5) is 6.76. The minimum absolute atomic E-state index is 0.693. The molecule has 0 aromatic carbocycles. The first-order chi connectivity index (χ1) is 7.58. The van der Waals surface area contributed by atoms with Crippen molar-refractivity contribution in [3.8, 4) is 0 Å². The summed E-state index contributed by atoms with van der Waals surface area (Å²) in [5.74, 6) is 1.76. The summed E-state index contributed by atoms with van der Waals surface area (Å²) in [5.41, 5.74) is 7.61. The first kappa shape index (κ1) is 12.8. The van der Waals surface area contributed by atoms with Gasteiger partial charge in [-0.05, 0) is 31.4 Å². The maximum absolute atomic E-state index is 5.72. The number of hydrogen-bond donors (Lipinski definition) is 1. The Morgan fingerprint density at radius 2 is 2.12 bits per heavy atom. The molecular formula is C13H23N3. The Bertz CT molecular complexity index is 336. The number of rotatable bonds is 5. The Labute approximate surface area is 98.7 Å². The van der Waals surface area contributed by atoms with E-state index < -0.39 is 0 Å². The molecule has 1 aromatic rings. The van der Waals surface area contributed by atoms with Gasteiger partial charge in [-0.3, -0.25) is 0 Å². The molecule has 0 spiro atoms. The Hall–Kier alpha value is -1.25. The highest BCUT2D eigenvalue weighted by Gasteiger charge is 2.11. The van der Waals surface area contributed by atoms with E-state index in [1.807, 2.05) is 6.07 Å². The van der Waals surface area contributed by atoms with E-state index in [4.69, 9.17) is 5.73 Å². The lowest BCUT2D eigenvalue weighted by Crippen LogP contribution is -2.29. The lowest BCUT2D eigenvalue weighted by molar-refractivity contribution is 0.545. The van der Waals surface area contributed by atoms with Gasteiger partial charge < -0.3 is 10.6 Å². The zero-order valence-electron chi connectivity index (χ0n) is 10.8. The van der Waals surface area contributed by atoms with Gasteiger partial charge in [0.05, 0.1) is 11.9 Å². The predicted octanol–water partition coefficient (Wildman–Crippen LogP) is 2.84. The molecule has 0 saturated heterocycles. The smallest absolute Gasteiger partial charge is 0.131 e. The average molecular weight is 221 g/mol. The average Bonchev–Trinajstić information content (AvgIpc) is 2.26. The van der Waals surface area contributed by atoms with Gasteiger partial charge in [-0.2, -0.15) is 0 Å². The van der Waals surface area contributed by atoms with Crippen LogP contribution < -0.4 is 10.6 Å². The van der Waals surface area contributed by atoms with Gasteiger partial charge in [0.2, 0.25) is 0 Å². The van der Waals surface area contributed by atoms with E-state index >= 15 is 0 Å². The first-order valence-electron chi connectivity index (χ1n) is 6.05. The van der Waals surface area contributed by atoms with E-state index in [1.165, 1.54) is 6.42 Å². The molecule has 1 heterocycles. The Balaban J connectivity index is 2.86. The molecule has 0 aliphatic rings. The Morgan fingerprint density at radius 3 is 2.62 bits per heavy atom. The van der Waals surface area contributed by atoms with Crippen LogP contribution in [0.15, 0.2) is 12.3 Å². The summed E-state index contributed by atoms with van der Waals surface area (Å²) in [7, 11) is 0. The molecule has 3 heteroatoms. The summed E-state index contributed by atoms with van der Waals surface area (Å²) in [5, 5.41) is 0. The monoisotopic (exact) mass is 221 g/mol. The highest BCUT2D eigenvalue weighted by Crippen LogP contribution is 2.20. The highest BCUT2D eigenvalue weighted by molar-refractivity contribution is 5.52. The van der Waals surface area contributed by atoms with E-state index in [1.54, 1.807) is 6.20 Å². The van der Waals surface area contributed by atoms with Crippen molar-refractivity contribution < 1.29 is 0 Å². The molecule has 0 bridgehead atoms. The minimum Gasteiger partial charge on any atom is -0.397 e. The number of aryl methyl sites for hydroxylation is 1. The topological polar surface area (TPSA) is 42.2 Å². The van der Waals surface area contributed by atoms with Crippen molar-refractivity contribution in [2.75, 3.05) is 23.7 Å². The quantitative estimate of drug-likeness (QED) is 0.831. The largest absolute Gasteiger partial charge is 0.397 e. The molecule has 1 unspecified atom stereocenters. The molecule has 0 fully saturated rings. The molecule has 16 heavy (non-hydrogen) atoms. The van der Waals surface area contributed by atoms with E-state index in [0.717, 1.165) is 30.2 Å². The fourth-order valence-corrected chi connectivity index (χ4v) is 1.79. The zero-order valence-corrected chi connectivity index (χ0v) is 10.8. The van der Waals surface area contributed by atoms with E-state index in [9.17, 15) is 0 Å². The summed E-state index contributed by atoms with van der Waals surface area (Å²) in [6.45, 7) is 10.8. The van der Waals surface area contributed by atoms with Crippen LogP contribution in [0.25, 0.3) is 0 Å². The van der Waals surface area contributed by atoms with Crippen molar-refractivity contribution in [1.82, 2.24) is 4.98 Å². The van der Waals surface area contributed by atoms with Crippen LogP contribution in [-0.4, -0.2) is 18.1 Å². The molecule has 90 valence electrons. The summed E-state index contributed by atoms with van der Waals surface area (Å²) < 4.78 is 0. The van der Waals surface area contributed by atoms with Gasteiger partial charge in [-0.1, -0.05) is 20.3 Å². The second-order valence-electron chi connectivity index (χ2n) is 4.46. The van der Waals surface area contributed by atoms with Crippen LogP contribution in [0.3, 0.4) is 0 Å². The first-order valence-corrected chi connectivity index (χ1v) is 6.05. The zero-order chi connectivity index (χ0) is 12.1. The fraction of sp³-hybridized carbons (Fsp3) is 0.615. The van der Waals surface area contributed by atoms with Gasteiger partial charge in [-0.15, -0.1) is 0 Å². The molecule has 0 aliphatic carbocycles. The second-order valence-corrected chi connectivity index (χ2v) is 4.46. The van der Waals surface area contributed by atoms with Gasteiger partial charge >= 0.3 is 0 Å². The Morgan fingerprint density at radius 1 is 1.44 bits per heavy atom. The highest BCUT2D eigenvalue weighted by atomic mass is 15.2. The lowest BCUT2D eigenvalue weighted by Gasteiger charge is -2.26. The predicted molar refractivity (Wildman–Crippen MR) is 70.7 cm³/mol. The molecule has 0 saturated carbocycles. The molecule has 1 atom stereocenters. The maximum atomic E-state index is 5.72. The minimum atomic E-state index is 0.693. The number of pyridine rings is 1. The number of nitrogen functional groups attached to an aromatic ring is 1.